The van der Waals surface area contributed by atoms with E-state index in [1.54, 1.807) is 36.4 Å². The summed E-state index contributed by atoms with van der Waals surface area (Å²) in [7, 11) is -3.13. The molecule has 2 fully saturated rings. The van der Waals surface area contributed by atoms with E-state index in [-0.39, 0.29) is 41.9 Å². The highest BCUT2D eigenvalue weighted by Crippen LogP contribution is 2.43. The summed E-state index contributed by atoms with van der Waals surface area (Å²) in [6, 6.07) is 12.2. The van der Waals surface area contributed by atoms with E-state index in [2.05, 4.69) is 4.99 Å². The number of benzene rings is 2. The van der Waals surface area contributed by atoms with Crippen LogP contribution in [0.5, 0.6) is 11.5 Å². The molecule has 0 bridgehead atoms. The van der Waals surface area contributed by atoms with Crippen molar-refractivity contribution in [2.24, 2.45) is 4.99 Å². The summed E-state index contributed by atoms with van der Waals surface area (Å²) < 4.78 is 35.2. The van der Waals surface area contributed by atoms with Crippen molar-refractivity contribution < 1.29 is 22.7 Å². The lowest BCUT2D eigenvalue weighted by molar-refractivity contribution is -0.117. The van der Waals surface area contributed by atoms with Gasteiger partial charge in [-0.1, -0.05) is 35.5 Å². The van der Waals surface area contributed by atoms with Crippen molar-refractivity contribution in [3.63, 3.8) is 0 Å². The first-order valence-electron chi connectivity index (χ1n) is 9.30. The van der Waals surface area contributed by atoms with Crippen LogP contribution in [0.25, 0.3) is 0 Å². The smallest absolute Gasteiger partial charge is 0.252 e. The lowest BCUT2D eigenvalue weighted by atomic mass is 10.1. The van der Waals surface area contributed by atoms with Gasteiger partial charge in [-0.25, -0.2) is 8.42 Å². The minimum atomic E-state index is -3.13. The van der Waals surface area contributed by atoms with Crippen molar-refractivity contribution in [3.8, 4) is 11.5 Å². The quantitative estimate of drug-likeness (QED) is 0.690. The first-order valence-corrected chi connectivity index (χ1v) is 12.4. The van der Waals surface area contributed by atoms with Crippen molar-refractivity contribution in [1.29, 1.82) is 0 Å². The van der Waals surface area contributed by atoms with Crippen LogP contribution in [-0.2, 0) is 21.1 Å². The minimum absolute atomic E-state index is 0.0313. The fraction of sp³-hybridized carbons (Fsp3) is 0.300. The zero-order valence-corrected chi connectivity index (χ0v) is 18.0. The van der Waals surface area contributed by atoms with Gasteiger partial charge in [0.15, 0.2) is 26.5 Å². The number of nitrogens with zero attached hydrogens (tertiary/aromatic N) is 2. The molecule has 2 aromatic carbocycles. The number of anilines is 1. The second kappa shape index (κ2) is 7.47. The number of ether oxygens (including phenoxy) is 2. The summed E-state index contributed by atoms with van der Waals surface area (Å²) in [4.78, 5) is 18.8. The Morgan fingerprint density at radius 2 is 1.90 bits per heavy atom. The van der Waals surface area contributed by atoms with E-state index in [9.17, 15) is 13.2 Å². The van der Waals surface area contributed by atoms with E-state index in [0.717, 1.165) is 11.3 Å². The molecule has 3 aliphatic heterocycles. The molecule has 3 heterocycles. The fourth-order valence-corrected chi connectivity index (χ4v) is 7.88. The van der Waals surface area contributed by atoms with Crippen molar-refractivity contribution in [2.75, 3.05) is 23.2 Å². The van der Waals surface area contributed by atoms with Gasteiger partial charge in [-0.05, 0) is 29.8 Å². The third-order valence-electron chi connectivity index (χ3n) is 5.19. The molecule has 1 amide bonds. The average Bonchev–Trinajstić information content (AvgIpc) is 3.34. The van der Waals surface area contributed by atoms with Crippen LogP contribution in [0.1, 0.15) is 5.56 Å². The summed E-state index contributed by atoms with van der Waals surface area (Å²) in [6.45, 7) is 0.147. The van der Waals surface area contributed by atoms with E-state index in [0.29, 0.717) is 21.7 Å². The number of amides is 1. The van der Waals surface area contributed by atoms with Crippen LogP contribution in [0, 0.1) is 0 Å². The van der Waals surface area contributed by atoms with Gasteiger partial charge in [0.2, 0.25) is 6.79 Å². The van der Waals surface area contributed by atoms with Crippen LogP contribution in [-0.4, -0.2) is 49.1 Å². The predicted octanol–water partition coefficient (Wildman–Crippen LogP) is 2.91. The number of carbonyl (C=O) groups excluding carboxylic acids is 1. The largest absolute Gasteiger partial charge is 0.454 e. The zero-order valence-electron chi connectivity index (χ0n) is 15.7. The minimum Gasteiger partial charge on any atom is -0.454 e. The lowest BCUT2D eigenvalue weighted by Crippen LogP contribution is -2.37. The molecule has 156 valence electrons. The highest BCUT2D eigenvalue weighted by molar-refractivity contribution is 8.16. The number of sulfone groups is 1. The Balaban J connectivity index is 1.46. The van der Waals surface area contributed by atoms with E-state index >= 15 is 0 Å². The van der Waals surface area contributed by atoms with Gasteiger partial charge in [0.05, 0.1) is 24.0 Å². The first kappa shape index (κ1) is 19.7. The monoisotopic (exact) mass is 464 g/mol. The summed E-state index contributed by atoms with van der Waals surface area (Å²) >= 11 is 7.24. The van der Waals surface area contributed by atoms with Gasteiger partial charge in [-0.2, -0.15) is 4.99 Å². The third-order valence-corrected chi connectivity index (χ3v) is 8.65. The molecule has 10 heteroatoms. The van der Waals surface area contributed by atoms with Gasteiger partial charge in [-0.3, -0.25) is 4.79 Å². The number of carbonyl (C=O) groups is 1. The Kier molecular flexibility index (Phi) is 4.91. The first-order chi connectivity index (χ1) is 14.4. The number of hydrogen-bond donors (Lipinski definition) is 0. The molecule has 0 unspecified atom stereocenters. The number of aliphatic imine (C=N–C) groups is 1. The summed E-state index contributed by atoms with van der Waals surface area (Å²) in [5.41, 5.74) is 1.54. The summed E-state index contributed by atoms with van der Waals surface area (Å²) in [5, 5.41) is 0.951. The standard InChI is InChI=1S/C20H17ClN2O5S2/c21-13-3-1-12(2-4-13)7-19(24)22-20-23(15-9-30(25,26)10-18(15)29-20)14-5-6-16-17(8-14)28-11-27-16/h1-6,8,15,18H,7,9-11H2/t15-,18+/m0/s1. The number of rotatable bonds is 3. The average molecular weight is 465 g/mol. The lowest BCUT2D eigenvalue weighted by Gasteiger charge is -2.24. The van der Waals surface area contributed by atoms with Crippen LogP contribution in [0.3, 0.4) is 0 Å². The topological polar surface area (TPSA) is 85.3 Å². The molecule has 2 saturated heterocycles. The molecule has 0 saturated carbocycles. The predicted molar refractivity (Wildman–Crippen MR) is 116 cm³/mol. The fourth-order valence-electron chi connectivity index (χ4n) is 3.82. The van der Waals surface area contributed by atoms with E-state index in [1.165, 1.54) is 11.8 Å². The molecular weight excluding hydrogens is 448 g/mol. The summed E-state index contributed by atoms with van der Waals surface area (Å²) in [6.07, 6.45) is 0.143. The van der Waals surface area contributed by atoms with Gasteiger partial charge >= 0.3 is 0 Å². The van der Waals surface area contributed by atoms with E-state index < -0.39 is 9.84 Å². The van der Waals surface area contributed by atoms with Gasteiger partial charge in [0.1, 0.15) is 0 Å². The van der Waals surface area contributed by atoms with Crippen LogP contribution in [0.15, 0.2) is 47.5 Å². The summed E-state index contributed by atoms with van der Waals surface area (Å²) in [5.74, 6) is 1.04. The van der Waals surface area contributed by atoms with Crippen LogP contribution >= 0.6 is 23.4 Å². The highest BCUT2D eigenvalue weighted by atomic mass is 35.5. The number of fused-ring (bicyclic) bond motifs is 2. The second-order valence-corrected chi connectivity index (χ2v) is 11.1. The van der Waals surface area contributed by atoms with Gasteiger partial charge in [-0.15, -0.1) is 0 Å². The SMILES string of the molecule is O=C(Cc1ccc(Cl)cc1)N=C1S[C@@H]2CS(=O)(=O)C[C@@H]2N1c1ccc2c(c1)OCO2. The molecule has 0 N–H and O–H groups in total. The second-order valence-electron chi connectivity index (χ2n) is 7.30. The Labute approximate surface area is 182 Å². The van der Waals surface area contributed by atoms with E-state index in [4.69, 9.17) is 21.1 Å². The molecule has 2 atom stereocenters. The molecular formula is C20H17ClN2O5S2. The molecule has 3 aliphatic rings. The number of halogens is 1. The zero-order chi connectivity index (χ0) is 20.9. The maximum Gasteiger partial charge on any atom is 0.252 e. The third kappa shape index (κ3) is 3.77. The van der Waals surface area contributed by atoms with Gasteiger partial charge in [0, 0.05) is 22.0 Å². The molecule has 0 aliphatic carbocycles. The number of amidine groups is 1. The van der Waals surface area contributed by atoms with Gasteiger partial charge < -0.3 is 14.4 Å². The van der Waals surface area contributed by atoms with Crippen molar-refractivity contribution in [1.82, 2.24) is 0 Å². The molecule has 0 aromatic heterocycles. The molecule has 7 nitrogen and oxygen atoms in total. The van der Waals surface area contributed by atoms with Crippen molar-refractivity contribution >= 4 is 50.0 Å². The van der Waals surface area contributed by atoms with Crippen LogP contribution in [0.2, 0.25) is 5.02 Å². The number of hydrogen-bond acceptors (Lipinski definition) is 6. The highest BCUT2D eigenvalue weighted by Gasteiger charge is 2.49. The Morgan fingerprint density at radius 3 is 2.70 bits per heavy atom. The normalized spacial score (nSPS) is 25.0. The molecule has 0 radical (unpaired) electrons. The molecule has 5 rings (SSSR count). The Bertz CT molecular complexity index is 1150. The van der Waals surface area contributed by atoms with Crippen molar-refractivity contribution in [3.05, 3.63) is 53.1 Å². The Morgan fingerprint density at radius 1 is 1.13 bits per heavy atom. The van der Waals surface area contributed by atoms with E-state index in [1.807, 2.05) is 11.0 Å². The van der Waals surface area contributed by atoms with Gasteiger partial charge in [0.25, 0.3) is 5.91 Å². The van der Waals surface area contributed by atoms with Crippen molar-refractivity contribution in [2.45, 2.75) is 17.7 Å². The Hall–Kier alpha value is -2.23. The number of thioether (sulfide) groups is 1. The van der Waals surface area contributed by atoms with Crippen LogP contribution in [0.4, 0.5) is 5.69 Å². The molecule has 30 heavy (non-hydrogen) atoms. The maximum atomic E-state index is 12.6. The maximum absolute atomic E-state index is 12.6. The molecule has 2 aromatic rings. The molecule has 0 spiro atoms. The van der Waals surface area contributed by atoms with Crippen LogP contribution < -0.4 is 14.4 Å².